The second-order valence-corrected chi connectivity index (χ2v) is 5.70. The van der Waals surface area contributed by atoms with Crippen LogP contribution in [0.3, 0.4) is 0 Å². The predicted molar refractivity (Wildman–Crippen MR) is 88.8 cm³/mol. The smallest absolute Gasteiger partial charge is 0.0824 e. The van der Waals surface area contributed by atoms with Gasteiger partial charge in [0, 0.05) is 21.9 Å². The highest BCUT2D eigenvalue weighted by Crippen LogP contribution is 2.31. The zero-order chi connectivity index (χ0) is 14.6. The van der Waals surface area contributed by atoms with Crippen LogP contribution in [0.25, 0.3) is 32.7 Å². The van der Waals surface area contributed by atoms with Gasteiger partial charge < -0.3 is 0 Å². The molecular weight excluding hydrogens is 256 g/mol. The molecule has 21 heavy (non-hydrogen) atoms. The Morgan fingerprint density at radius 2 is 1.52 bits per heavy atom. The summed E-state index contributed by atoms with van der Waals surface area (Å²) in [5.74, 6) is 0. The number of hydrogen-bond acceptors (Lipinski definition) is 2. The Kier molecular flexibility index (Phi) is 2.49. The average molecular weight is 272 g/mol. The van der Waals surface area contributed by atoms with E-state index in [0.717, 1.165) is 27.6 Å². The Balaban J connectivity index is 2.32. The molecule has 0 spiro atoms. The maximum atomic E-state index is 4.93. The first-order valence-electron chi connectivity index (χ1n) is 7.21. The third-order valence-corrected chi connectivity index (χ3v) is 4.21. The van der Waals surface area contributed by atoms with Crippen LogP contribution in [0.2, 0.25) is 0 Å². The molecule has 0 fully saturated rings. The summed E-state index contributed by atoms with van der Waals surface area (Å²) >= 11 is 0. The summed E-state index contributed by atoms with van der Waals surface area (Å²) in [6.45, 7) is 6.37. The number of para-hydroxylation sites is 1. The molecule has 0 saturated heterocycles. The molecule has 2 nitrogen and oxygen atoms in total. The number of pyridine rings is 2. The standard InChI is InChI=1S/C19H16N2/c1-11-8-9-17-15(10-11)12(2)18-13(3)20-16-7-5-4-6-14(16)19(18)21-17/h4-10H,1-3H3. The Labute approximate surface area is 123 Å². The second-order valence-electron chi connectivity index (χ2n) is 5.70. The molecule has 2 aromatic carbocycles. The molecule has 2 aromatic heterocycles. The van der Waals surface area contributed by atoms with Gasteiger partial charge in [-0.1, -0.05) is 29.8 Å². The van der Waals surface area contributed by atoms with E-state index in [1.165, 1.54) is 21.9 Å². The van der Waals surface area contributed by atoms with Crippen molar-refractivity contribution in [1.29, 1.82) is 0 Å². The third-order valence-electron chi connectivity index (χ3n) is 4.21. The van der Waals surface area contributed by atoms with E-state index in [1.54, 1.807) is 0 Å². The molecule has 0 amide bonds. The number of fused-ring (bicyclic) bond motifs is 4. The molecule has 0 aliphatic heterocycles. The normalized spacial score (nSPS) is 11.6. The SMILES string of the molecule is Cc1ccc2nc3c(c(C)nc4ccccc43)c(C)c2c1. The van der Waals surface area contributed by atoms with Gasteiger partial charge >= 0.3 is 0 Å². The van der Waals surface area contributed by atoms with Crippen LogP contribution in [0.4, 0.5) is 0 Å². The fraction of sp³-hybridized carbons (Fsp3) is 0.158. The highest BCUT2D eigenvalue weighted by molar-refractivity contribution is 6.09. The molecule has 0 aliphatic rings. The molecule has 0 aliphatic carbocycles. The van der Waals surface area contributed by atoms with Gasteiger partial charge in [0.05, 0.1) is 16.6 Å². The highest BCUT2D eigenvalue weighted by atomic mass is 14.7. The number of nitrogens with zero attached hydrogens (tertiary/aromatic N) is 2. The first-order valence-corrected chi connectivity index (χ1v) is 7.21. The molecule has 4 rings (SSSR count). The molecule has 0 N–H and O–H groups in total. The average Bonchev–Trinajstić information content (AvgIpc) is 2.48. The molecule has 2 heteroatoms. The lowest BCUT2D eigenvalue weighted by Crippen LogP contribution is -1.95. The fourth-order valence-electron chi connectivity index (χ4n) is 3.18. The van der Waals surface area contributed by atoms with Gasteiger partial charge in [0.2, 0.25) is 0 Å². The van der Waals surface area contributed by atoms with Gasteiger partial charge in [0.25, 0.3) is 0 Å². The third kappa shape index (κ3) is 1.72. The van der Waals surface area contributed by atoms with Crippen LogP contribution < -0.4 is 0 Å². The van der Waals surface area contributed by atoms with Gasteiger partial charge in [0.1, 0.15) is 0 Å². The van der Waals surface area contributed by atoms with E-state index < -0.39 is 0 Å². The van der Waals surface area contributed by atoms with Gasteiger partial charge in [-0.15, -0.1) is 0 Å². The molecule has 0 saturated carbocycles. The zero-order valence-corrected chi connectivity index (χ0v) is 12.4. The molecule has 0 unspecified atom stereocenters. The van der Waals surface area contributed by atoms with Crippen LogP contribution >= 0.6 is 0 Å². The van der Waals surface area contributed by atoms with Crippen LogP contribution in [0, 0.1) is 20.8 Å². The van der Waals surface area contributed by atoms with Crippen molar-refractivity contribution >= 4 is 32.7 Å². The van der Waals surface area contributed by atoms with E-state index in [0.29, 0.717) is 0 Å². The van der Waals surface area contributed by atoms with Gasteiger partial charge in [-0.25, -0.2) is 4.98 Å². The minimum absolute atomic E-state index is 1.01. The molecule has 4 aromatic rings. The van der Waals surface area contributed by atoms with Crippen molar-refractivity contribution in [2.45, 2.75) is 20.8 Å². The number of aromatic nitrogens is 2. The number of aryl methyl sites for hydroxylation is 3. The summed E-state index contributed by atoms with van der Waals surface area (Å²) in [6, 6.07) is 14.7. The summed E-state index contributed by atoms with van der Waals surface area (Å²) in [5.41, 5.74) is 6.72. The molecule has 0 bridgehead atoms. The van der Waals surface area contributed by atoms with Crippen molar-refractivity contribution in [3.05, 3.63) is 59.3 Å². The lowest BCUT2D eigenvalue weighted by molar-refractivity contribution is 1.27. The van der Waals surface area contributed by atoms with Crippen LogP contribution in [0.15, 0.2) is 42.5 Å². The summed E-state index contributed by atoms with van der Waals surface area (Å²) in [7, 11) is 0. The van der Waals surface area contributed by atoms with Crippen molar-refractivity contribution in [2.75, 3.05) is 0 Å². The minimum atomic E-state index is 1.01. The summed E-state index contributed by atoms with van der Waals surface area (Å²) in [6.07, 6.45) is 0. The first kappa shape index (κ1) is 12.3. The zero-order valence-electron chi connectivity index (χ0n) is 12.4. The van der Waals surface area contributed by atoms with E-state index in [-0.39, 0.29) is 0 Å². The predicted octanol–water partition coefficient (Wildman–Crippen LogP) is 4.86. The lowest BCUT2D eigenvalue weighted by Gasteiger charge is -2.12. The van der Waals surface area contributed by atoms with E-state index >= 15 is 0 Å². The fourth-order valence-corrected chi connectivity index (χ4v) is 3.18. The molecule has 0 radical (unpaired) electrons. The summed E-state index contributed by atoms with van der Waals surface area (Å²) < 4.78 is 0. The van der Waals surface area contributed by atoms with E-state index in [4.69, 9.17) is 9.97 Å². The molecule has 2 heterocycles. The summed E-state index contributed by atoms with van der Waals surface area (Å²) in [4.78, 5) is 9.68. The van der Waals surface area contributed by atoms with Crippen LogP contribution in [-0.2, 0) is 0 Å². The van der Waals surface area contributed by atoms with Crippen molar-refractivity contribution in [1.82, 2.24) is 9.97 Å². The monoisotopic (exact) mass is 272 g/mol. The Hall–Kier alpha value is -2.48. The summed E-state index contributed by atoms with van der Waals surface area (Å²) in [5, 5.41) is 3.54. The van der Waals surface area contributed by atoms with Gasteiger partial charge in [-0.3, -0.25) is 4.98 Å². The van der Waals surface area contributed by atoms with E-state index in [2.05, 4.69) is 57.2 Å². The van der Waals surface area contributed by atoms with Gasteiger partial charge in [-0.05, 0) is 44.5 Å². The first-order chi connectivity index (χ1) is 10.1. The van der Waals surface area contributed by atoms with Crippen molar-refractivity contribution in [3.8, 4) is 0 Å². The Morgan fingerprint density at radius 3 is 2.38 bits per heavy atom. The van der Waals surface area contributed by atoms with E-state index in [1.807, 2.05) is 6.07 Å². The van der Waals surface area contributed by atoms with Gasteiger partial charge in [-0.2, -0.15) is 0 Å². The maximum absolute atomic E-state index is 4.93. The van der Waals surface area contributed by atoms with Crippen molar-refractivity contribution in [2.24, 2.45) is 0 Å². The maximum Gasteiger partial charge on any atom is 0.0824 e. The molecule has 0 atom stereocenters. The minimum Gasteiger partial charge on any atom is -0.252 e. The number of rotatable bonds is 0. The van der Waals surface area contributed by atoms with Gasteiger partial charge in [0.15, 0.2) is 0 Å². The topological polar surface area (TPSA) is 25.8 Å². The lowest BCUT2D eigenvalue weighted by atomic mass is 9.99. The second kappa shape index (κ2) is 4.26. The van der Waals surface area contributed by atoms with Crippen molar-refractivity contribution in [3.63, 3.8) is 0 Å². The molecule has 102 valence electrons. The van der Waals surface area contributed by atoms with Crippen molar-refractivity contribution < 1.29 is 0 Å². The number of hydrogen-bond donors (Lipinski definition) is 0. The van der Waals surface area contributed by atoms with Crippen LogP contribution in [0.5, 0.6) is 0 Å². The largest absolute Gasteiger partial charge is 0.252 e. The quantitative estimate of drug-likeness (QED) is 0.337. The van der Waals surface area contributed by atoms with Crippen LogP contribution in [0.1, 0.15) is 16.8 Å². The number of benzene rings is 2. The highest BCUT2D eigenvalue weighted by Gasteiger charge is 2.12. The Morgan fingerprint density at radius 1 is 0.762 bits per heavy atom. The van der Waals surface area contributed by atoms with Crippen LogP contribution in [-0.4, -0.2) is 9.97 Å². The van der Waals surface area contributed by atoms with E-state index in [9.17, 15) is 0 Å². The molecular formula is C19H16N2. The Bertz CT molecular complexity index is 1020.